The van der Waals surface area contributed by atoms with E-state index >= 15 is 0 Å². The summed E-state index contributed by atoms with van der Waals surface area (Å²) in [5.41, 5.74) is 0. The van der Waals surface area contributed by atoms with Crippen LogP contribution in [0, 0.1) is 23.7 Å². The minimum absolute atomic E-state index is 0.0137. The van der Waals surface area contributed by atoms with E-state index in [9.17, 15) is 9.59 Å². The summed E-state index contributed by atoms with van der Waals surface area (Å²) in [6.07, 6.45) is 3.91. The maximum atomic E-state index is 11.7. The third-order valence-electron chi connectivity index (χ3n) is 3.77. The third kappa shape index (κ3) is 1.17. The van der Waals surface area contributed by atoms with Crippen molar-refractivity contribution >= 4 is 12.1 Å². The first-order chi connectivity index (χ1) is 7.70. The number of carbonyl (C=O) groups is 2. The van der Waals surface area contributed by atoms with Crippen LogP contribution >= 0.6 is 0 Å². The normalized spacial score (nSPS) is 43.1. The van der Waals surface area contributed by atoms with Gasteiger partial charge >= 0.3 is 12.1 Å². The van der Waals surface area contributed by atoms with E-state index in [0.717, 1.165) is 6.42 Å². The number of amides is 1. The number of alkyl carbamates (subject to hydrolysis) is 1. The zero-order chi connectivity index (χ0) is 11.3. The predicted octanol–water partition coefficient (Wildman–Crippen LogP) is 0.664. The van der Waals surface area contributed by atoms with E-state index in [-0.39, 0.29) is 23.7 Å². The molecule has 86 valence electrons. The van der Waals surface area contributed by atoms with Gasteiger partial charge in [0.25, 0.3) is 6.29 Å². The van der Waals surface area contributed by atoms with Gasteiger partial charge in [-0.25, -0.2) is 4.79 Å². The second kappa shape index (κ2) is 3.23. The van der Waals surface area contributed by atoms with Gasteiger partial charge in [-0.1, -0.05) is 12.2 Å². The Hall–Kier alpha value is -1.52. The number of carbonyl (C=O) groups excluding carboxylic acids is 2. The molecular weight excluding hydrogens is 210 g/mol. The van der Waals surface area contributed by atoms with Gasteiger partial charge < -0.3 is 14.8 Å². The van der Waals surface area contributed by atoms with E-state index in [4.69, 9.17) is 9.47 Å². The van der Waals surface area contributed by atoms with E-state index in [1.807, 2.05) is 0 Å². The Bertz CT molecular complexity index is 378. The maximum Gasteiger partial charge on any atom is 0.409 e. The maximum absolute atomic E-state index is 11.7. The monoisotopic (exact) mass is 223 g/mol. The summed E-state index contributed by atoms with van der Waals surface area (Å²) in [6, 6.07) is 0. The van der Waals surface area contributed by atoms with Crippen LogP contribution < -0.4 is 5.32 Å². The lowest BCUT2D eigenvalue weighted by Crippen LogP contribution is -2.32. The Kier molecular flexibility index (Phi) is 1.96. The molecule has 3 aliphatic rings. The molecule has 0 aromatic rings. The molecule has 5 nitrogen and oxygen atoms in total. The molecule has 5 heteroatoms. The molecule has 0 aromatic carbocycles. The summed E-state index contributed by atoms with van der Waals surface area (Å²) in [6.45, 7) is 0. The number of nitrogens with one attached hydrogen (secondary N) is 1. The zero-order valence-corrected chi connectivity index (χ0v) is 8.88. The van der Waals surface area contributed by atoms with Crippen LogP contribution in [-0.4, -0.2) is 25.4 Å². The number of rotatable bonds is 1. The molecule has 1 saturated carbocycles. The van der Waals surface area contributed by atoms with Crippen molar-refractivity contribution < 1.29 is 19.1 Å². The Balaban J connectivity index is 1.80. The van der Waals surface area contributed by atoms with Crippen LogP contribution in [0.15, 0.2) is 12.2 Å². The molecule has 1 saturated heterocycles. The van der Waals surface area contributed by atoms with Crippen LogP contribution in [0.1, 0.15) is 6.42 Å². The molecule has 1 heterocycles. The highest BCUT2D eigenvalue weighted by molar-refractivity contribution is 5.77. The molecule has 16 heavy (non-hydrogen) atoms. The van der Waals surface area contributed by atoms with Gasteiger partial charge in [-0.2, -0.15) is 0 Å². The first-order valence-corrected chi connectivity index (χ1v) is 5.48. The molecule has 0 radical (unpaired) electrons. The number of fused-ring (bicyclic) bond motifs is 5. The van der Waals surface area contributed by atoms with Crippen LogP contribution in [0.3, 0.4) is 0 Å². The number of allylic oxidation sites excluding steroid dienone is 2. The van der Waals surface area contributed by atoms with Crippen molar-refractivity contribution in [1.29, 1.82) is 0 Å². The quantitative estimate of drug-likeness (QED) is 0.524. The van der Waals surface area contributed by atoms with Crippen molar-refractivity contribution in [3.8, 4) is 0 Å². The summed E-state index contributed by atoms with van der Waals surface area (Å²) in [5.74, 6) is 0.275. The fourth-order valence-electron chi connectivity index (χ4n) is 3.10. The average Bonchev–Trinajstić information content (AvgIpc) is 2.92. The van der Waals surface area contributed by atoms with Crippen molar-refractivity contribution in [3.05, 3.63) is 12.2 Å². The highest BCUT2D eigenvalue weighted by Gasteiger charge is 2.59. The van der Waals surface area contributed by atoms with E-state index in [0.29, 0.717) is 5.92 Å². The first-order valence-electron chi connectivity index (χ1n) is 5.48. The standard InChI is InChI=1S/C11H13NO4/c1-12-11(14)16-10-8-6-3-2-5(4-6)7(8)9(13)15-10/h2-3,5-8,10H,4H2,1H3,(H,12,14)/t5-,6+,7-,8+,10+/m0/s1. The molecule has 2 bridgehead atoms. The summed E-state index contributed by atoms with van der Waals surface area (Å²) in [4.78, 5) is 22.8. The van der Waals surface area contributed by atoms with Gasteiger partial charge in [-0.05, 0) is 18.3 Å². The van der Waals surface area contributed by atoms with Crippen LogP contribution in [0.2, 0.25) is 0 Å². The highest BCUT2D eigenvalue weighted by Crippen LogP contribution is 2.53. The Morgan fingerprint density at radius 3 is 3.00 bits per heavy atom. The summed E-state index contributed by atoms with van der Waals surface area (Å²) < 4.78 is 10.2. The number of ether oxygens (including phenoxy) is 2. The lowest BCUT2D eigenvalue weighted by atomic mass is 9.85. The molecule has 0 aromatic heterocycles. The molecule has 1 amide bonds. The van der Waals surface area contributed by atoms with Gasteiger partial charge in [0.15, 0.2) is 0 Å². The van der Waals surface area contributed by atoms with Gasteiger partial charge in [0.2, 0.25) is 0 Å². The van der Waals surface area contributed by atoms with Gasteiger partial charge in [0.05, 0.1) is 11.8 Å². The minimum Gasteiger partial charge on any atom is -0.424 e. The van der Waals surface area contributed by atoms with Gasteiger partial charge in [0, 0.05) is 7.05 Å². The first kappa shape index (κ1) is 9.69. The molecular formula is C11H13NO4. The van der Waals surface area contributed by atoms with Gasteiger partial charge in [-0.3, -0.25) is 4.79 Å². The smallest absolute Gasteiger partial charge is 0.409 e. The third-order valence-corrected chi connectivity index (χ3v) is 3.77. The Labute approximate surface area is 92.8 Å². The molecule has 0 unspecified atom stereocenters. The number of hydrogen-bond donors (Lipinski definition) is 1. The van der Waals surface area contributed by atoms with Crippen LogP contribution in [0.4, 0.5) is 4.79 Å². The largest absolute Gasteiger partial charge is 0.424 e. The Morgan fingerprint density at radius 2 is 2.25 bits per heavy atom. The fourth-order valence-corrected chi connectivity index (χ4v) is 3.10. The van der Waals surface area contributed by atoms with Gasteiger partial charge in [-0.15, -0.1) is 0 Å². The Morgan fingerprint density at radius 1 is 1.50 bits per heavy atom. The summed E-state index contributed by atoms with van der Waals surface area (Å²) in [7, 11) is 1.48. The number of hydrogen-bond acceptors (Lipinski definition) is 4. The predicted molar refractivity (Wildman–Crippen MR) is 53.1 cm³/mol. The second-order valence-corrected chi connectivity index (χ2v) is 4.51. The van der Waals surface area contributed by atoms with Crippen LogP contribution in [0.5, 0.6) is 0 Å². The van der Waals surface area contributed by atoms with Gasteiger partial charge in [0.1, 0.15) is 0 Å². The van der Waals surface area contributed by atoms with E-state index in [1.165, 1.54) is 7.05 Å². The minimum atomic E-state index is -0.711. The van der Waals surface area contributed by atoms with Crippen molar-refractivity contribution in [2.75, 3.05) is 7.05 Å². The highest BCUT2D eigenvalue weighted by atomic mass is 16.7. The number of esters is 1. The molecule has 0 spiro atoms. The van der Waals surface area contributed by atoms with E-state index in [1.54, 1.807) is 0 Å². The lowest BCUT2D eigenvalue weighted by Gasteiger charge is -2.21. The topological polar surface area (TPSA) is 64.6 Å². The van der Waals surface area contributed by atoms with Crippen molar-refractivity contribution in [3.63, 3.8) is 0 Å². The lowest BCUT2D eigenvalue weighted by molar-refractivity contribution is -0.158. The van der Waals surface area contributed by atoms with Crippen molar-refractivity contribution in [2.45, 2.75) is 12.7 Å². The summed E-state index contributed by atoms with van der Waals surface area (Å²) >= 11 is 0. The molecule has 3 rings (SSSR count). The second-order valence-electron chi connectivity index (χ2n) is 4.51. The van der Waals surface area contributed by atoms with Crippen molar-refractivity contribution in [1.82, 2.24) is 5.32 Å². The molecule has 5 atom stereocenters. The van der Waals surface area contributed by atoms with Crippen LogP contribution in [-0.2, 0) is 14.3 Å². The molecule has 2 fully saturated rings. The zero-order valence-electron chi connectivity index (χ0n) is 8.88. The van der Waals surface area contributed by atoms with Crippen molar-refractivity contribution in [2.24, 2.45) is 23.7 Å². The molecule has 2 aliphatic carbocycles. The van der Waals surface area contributed by atoms with Crippen LogP contribution in [0.25, 0.3) is 0 Å². The molecule has 1 aliphatic heterocycles. The average molecular weight is 223 g/mol. The summed E-state index contributed by atoms with van der Waals surface area (Å²) in [5, 5.41) is 2.36. The fraction of sp³-hybridized carbons (Fsp3) is 0.636. The van der Waals surface area contributed by atoms with E-state index < -0.39 is 12.4 Å². The van der Waals surface area contributed by atoms with E-state index in [2.05, 4.69) is 17.5 Å². The SMILES string of the molecule is CNC(=O)O[C@H]1OC(=O)[C@@H]2[C@H]1[C@@H]1C=C[C@H]2C1. The number of cyclic esters (lactones) is 1. The molecule has 1 N–H and O–H groups in total.